The van der Waals surface area contributed by atoms with E-state index in [1.54, 1.807) is 0 Å². The van der Waals surface area contributed by atoms with Gasteiger partial charge in [0.15, 0.2) is 0 Å². The molecule has 2 N–H and O–H groups in total. The maximum atomic E-state index is 12.4. The van der Waals surface area contributed by atoms with Crippen LogP contribution in [-0.2, 0) is 9.53 Å². The van der Waals surface area contributed by atoms with Gasteiger partial charge in [0, 0.05) is 12.5 Å². The molecular formula is C16H25ClN2O2. The molecule has 1 aliphatic heterocycles. The van der Waals surface area contributed by atoms with Gasteiger partial charge in [0.25, 0.3) is 0 Å². The lowest BCUT2D eigenvalue weighted by Gasteiger charge is -2.39. The molecule has 3 atom stereocenters. The van der Waals surface area contributed by atoms with E-state index in [1.807, 2.05) is 30.9 Å². The van der Waals surface area contributed by atoms with Gasteiger partial charge >= 0.3 is 0 Å². The molecule has 0 aromatic heterocycles. The van der Waals surface area contributed by atoms with E-state index >= 15 is 0 Å². The standard InChI is InChI=1S/C16H24N2O2.ClH/c1-11-6-4-5-7-14(11)15-9-18(13(3)10-20-15)16(19)12(2)8-17;/h4-7,12-13,15H,8-10,17H2,1-3H3;1H. The van der Waals surface area contributed by atoms with Crippen molar-refractivity contribution in [3.63, 3.8) is 0 Å². The maximum absolute atomic E-state index is 12.4. The van der Waals surface area contributed by atoms with Gasteiger partial charge in [0.05, 0.1) is 19.2 Å². The smallest absolute Gasteiger partial charge is 0.227 e. The van der Waals surface area contributed by atoms with E-state index in [4.69, 9.17) is 10.5 Å². The van der Waals surface area contributed by atoms with Gasteiger partial charge < -0.3 is 15.4 Å². The van der Waals surface area contributed by atoms with Crippen molar-refractivity contribution in [3.05, 3.63) is 35.4 Å². The van der Waals surface area contributed by atoms with Crippen molar-refractivity contribution in [1.82, 2.24) is 4.90 Å². The Hall–Kier alpha value is -1.10. The molecule has 0 radical (unpaired) electrons. The molecule has 4 nitrogen and oxygen atoms in total. The average Bonchev–Trinajstić information content (AvgIpc) is 2.47. The van der Waals surface area contributed by atoms with Crippen LogP contribution in [0, 0.1) is 12.8 Å². The second-order valence-electron chi connectivity index (χ2n) is 5.65. The zero-order chi connectivity index (χ0) is 14.7. The summed E-state index contributed by atoms with van der Waals surface area (Å²) in [5, 5.41) is 0. The number of hydrogen-bond acceptors (Lipinski definition) is 3. The first-order chi connectivity index (χ1) is 9.54. The monoisotopic (exact) mass is 312 g/mol. The molecule has 0 saturated carbocycles. The summed E-state index contributed by atoms with van der Waals surface area (Å²) in [5.41, 5.74) is 7.98. The van der Waals surface area contributed by atoms with Gasteiger partial charge in [0.1, 0.15) is 6.10 Å². The van der Waals surface area contributed by atoms with Crippen LogP contribution in [0.3, 0.4) is 0 Å². The highest BCUT2D eigenvalue weighted by molar-refractivity contribution is 5.85. The van der Waals surface area contributed by atoms with Gasteiger partial charge in [-0.1, -0.05) is 31.2 Å². The van der Waals surface area contributed by atoms with E-state index < -0.39 is 0 Å². The van der Waals surface area contributed by atoms with Gasteiger partial charge in [-0.05, 0) is 25.0 Å². The Morgan fingerprint density at radius 1 is 1.48 bits per heavy atom. The third kappa shape index (κ3) is 3.96. The van der Waals surface area contributed by atoms with Crippen LogP contribution in [0.5, 0.6) is 0 Å². The second kappa shape index (κ2) is 7.78. The Bertz CT molecular complexity index is 481. The molecule has 1 amide bonds. The van der Waals surface area contributed by atoms with Crippen LogP contribution in [0.15, 0.2) is 24.3 Å². The predicted molar refractivity (Wildman–Crippen MR) is 86.5 cm³/mol. The summed E-state index contributed by atoms with van der Waals surface area (Å²) in [5.74, 6) is -0.00467. The summed E-state index contributed by atoms with van der Waals surface area (Å²) in [6, 6.07) is 8.29. The first-order valence-corrected chi connectivity index (χ1v) is 7.22. The number of aryl methyl sites for hydroxylation is 1. The molecule has 118 valence electrons. The highest BCUT2D eigenvalue weighted by Crippen LogP contribution is 2.27. The third-order valence-electron chi connectivity index (χ3n) is 4.03. The molecule has 1 fully saturated rings. The van der Waals surface area contributed by atoms with Crippen molar-refractivity contribution in [1.29, 1.82) is 0 Å². The molecule has 0 spiro atoms. The van der Waals surface area contributed by atoms with Crippen LogP contribution in [0.25, 0.3) is 0 Å². The van der Waals surface area contributed by atoms with E-state index in [9.17, 15) is 4.79 Å². The fourth-order valence-electron chi connectivity index (χ4n) is 2.58. The average molecular weight is 313 g/mol. The molecule has 2 rings (SSSR count). The van der Waals surface area contributed by atoms with Gasteiger partial charge in [-0.25, -0.2) is 0 Å². The van der Waals surface area contributed by atoms with Crippen molar-refractivity contribution in [2.24, 2.45) is 11.7 Å². The molecule has 21 heavy (non-hydrogen) atoms. The van der Waals surface area contributed by atoms with Gasteiger partial charge in [-0.2, -0.15) is 0 Å². The predicted octanol–water partition coefficient (Wildman–Crippen LogP) is 2.30. The quantitative estimate of drug-likeness (QED) is 0.931. The highest BCUT2D eigenvalue weighted by atomic mass is 35.5. The largest absolute Gasteiger partial charge is 0.370 e. The topological polar surface area (TPSA) is 55.6 Å². The Morgan fingerprint density at radius 3 is 2.76 bits per heavy atom. The maximum Gasteiger partial charge on any atom is 0.227 e. The Labute approximate surface area is 133 Å². The molecule has 3 unspecified atom stereocenters. The van der Waals surface area contributed by atoms with Crippen molar-refractivity contribution < 1.29 is 9.53 Å². The summed E-state index contributed by atoms with van der Waals surface area (Å²) < 4.78 is 5.93. The first-order valence-electron chi connectivity index (χ1n) is 7.22. The molecule has 5 heteroatoms. The minimum absolute atomic E-state index is 0. The lowest BCUT2D eigenvalue weighted by molar-refractivity contribution is -0.148. The van der Waals surface area contributed by atoms with Crippen LogP contribution < -0.4 is 5.73 Å². The lowest BCUT2D eigenvalue weighted by atomic mass is 10.00. The van der Waals surface area contributed by atoms with Crippen LogP contribution in [0.2, 0.25) is 0 Å². The fraction of sp³-hybridized carbons (Fsp3) is 0.562. The molecule has 1 saturated heterocycles. The highest BCUT2D eigenvalue weighted by Gasteiger charge is 2.32. The molecular weight excluding hydrogens is 288 g/mol. The zero-order valence-corrected chi connectivity index (χ0v) is 13.7. The van der Waals surface area contributed by atoms with Gasteiger partial charge in [0.2, 0.25) is 5.91 Å². The summed E-state index contributed by atoms with van der Waals surface area (Å²) >= 11 is 0. The van der Waals surface area contributed by atoms with Crippen molar-refractivity contribution >= 4 is 18.3 Å². The molecule has 1 aliphatic rings. The Morgan fingerprint density at radius 2 is 2.14 bits per heavy atom. The number of amides is 1. The van der Waals surface area contributed by atoms with E-state index in [-0.39, 0.29) is 36.4 Å². The van der Waals surface area contributed by atoms with Gasteiger partial charge in [-0.3, -0.25) is 4.79 Å². The number of hydrogen-bond donors (Lipinski definition) is 1. The first kappa shape index (κ1) is 18.0. The molecule has 0 bridgehead atoms. The van der Waals surface area contributed by atoms with E-state index in [1.165, 1.54) is 5.56 Å². The van der Waals surface area contributed by atoms with E-state index in [0.717, 1.165) is 5.56 Å². The molecule has 1 heterocycles. The van der Waals surface area contributed by atoms with E-state index in [0.29, 0.717) is 19.7 Å². The number of carbonyl (C=O) groups is 1. The van der Waals surface area contributed by atoms with Crippen LogP contribution in [0.4, 0.5) is 0 Å². The Kier molecular flexibility index (Phi) is 6.65. The number of carbonyl (C=O) groups excluding carboxylic acids is 1. The van der Waals surface area contributed by atoms with Gasteiger partial charge in [-0.15, -0.1) is 12.4 Å². The number of nitrogens with two attached hydrogens (primary N) is 1. The zero-order valence-electron chi connectivity index (χ0n) is 12.9. The van der Waals surface area contributed by atoms with Crippen LogP contribution in [0.1, 0.15) is 31.1 Å². The van der Waals surface area contributed by atoms with Crippen LogP contribution in [-0.4, -0.2) is 36.5 Å². The van der Waals surface area contributed by atoms with Crippen LogP contribution >= 0.6 is 12.4 Å². The molecule has 1 aromatic carbocycles. The van der Waals surface area contributed by atoms with Crippen molar-refractivity contribution in [2.45, 2.75) is 32.9 Å². The second-order valence-corrected chi connectivity index (χ2v) is 5.65. The normalized spacial score (nSPS) is 23.3. The summed E-state index contributed by atoms with van der Waals surface area (Å²) in [6.45, 7) is 7.54. The number of rotatable bonds is 3. The number of halogens is 1. The number of morpholine rings is 1. The summed E-state index contributed by atoms with van der Waals surface area (Å²) in [6.07, 6.45) is -0.0404. The minimum Gasteiger partial charge on any atom is -0.370 e. The SMILES string of the molecule is Cc1ccccc1C1CN(C(=O)C(C)CN)C(C)CO1.Cl. The number of benzene rings is 1. The minimum atomic E-state index is -0.131. The fourth-order valence-corrected chi connectivity index (χ4v) is 2.58. The van der Waals surface area contributed by atoms with Crippen molar-refractivity contribution in [3.8, 4) is 0 Å². The molecule has 1 aromatic rings. The third-order valence-corrected chi connectivity index (χ3v) is 4.03. The van der Waals surface area contributed by atoms with E-state index in [2.05, 4.69) is 19.1 Å². The van der Waals surface area contributed by atoms with Crippen molar-refractivity contribution in [2.75, 3.05) is 19.7 Å². The summed E-state index contributed by atoms with van der Waals surface area (Å²) in [7, 11) is 0. The number of nitrogens with zero attached hydrogens (tertiary/aromatic N) is 1. The molecule has 0 aliphatic carbocycles. The lowest BCUT2D eigenvalue weighted by Crippen LogP contribution is -2.50. The Balaban J connectivity index is 0.00000220. The number of ether oxygens (including phenoxy) is 1. The summed E-state index contributed by atoms with van der Waals surface area (Å²) in [4.78, 5) is 14.3.